The first-order valence-electron chi connectivity index (χ1n) is 16.5. The monoisotopic (exact) mass is 602 g/mol. The highest BCUT2D eigenvalue weighted by molar-refractivity contribution is 6.27. The maximum absolute atomic E-state index is 7.08. The molecule has 0 unspecified atom stereocenters. The van der Waals surface area contributed by atoms with E-state index in [4.69, 9.17) is 8.83 Å². The summed E-state index contributed by atoms with van der Waals surface area (Å²) in [4.78, 5) is 0. The molecule has 6 aromatic carbocycles. The van der Waals surface area contributed by atoms with Gasteiger partial charge in [0.1, 0.15) is 22.3 Å². The second kappa shape index (κ2) is 9.48. The van der Waals surface area contributed by atoms with Gasteiger partial charge in [0.2, 0.25) is 0 Å². The zero-order valence-corrected chi connectivity index (χ0v) is 28.7. The van der Waals surface area contributed by atoms with E-state index in [0.29, 0.717) is 0 Å². The average Bonchev–Trinajstić information content (AvgIpc) is 2.95. The Morgan fingerprint density at radius 2 is 0.739 bits per heavy atom. The Bertz CT molecular complexity index is 2250. The van der Waals surface area contributed by atoms with E-state index >= 15 is 0 Å². The molecule has 0 aliphatic carbocycles. The number of hydrogen-bond acceptors (Lipinski definition) is 2. The van der Waals surface area contributed by atoms with Crippen molar-refractivity contribution in [2.24, 2.45) is 0 Å². The van der Waals surface area contributed by atoms with Crippen molar-refractivity contribution in [1.29, 1.82) is 0 Å². The Morgan fingerprint density at radius 3 is 1.07 bits per heavy atom. The summed E-state index contributed by atoms with van der Waals surface area (Å²) in [5.41, 5.74) is 18.1. The molecule has 0 bridgehead atoms. The molecule has 2 heterocycles. The average molecular weight is 603 g/mol. The molecule has 0 saturated carbocycles. The van der Waals surface area contributed by atoms with Crippen LogP contribution in [0.15, 0.2) is 81.6 Å². The van der Waals surface area contributed by atoms with Crippen LogP contribution in [0.5, 0.6) is 0 Å². The highest BCUT2D eigenvalue weighted by Crippen LogP contribution is 2.53. The van der Waals surface area contributed by atoms with Gasteiger partial charge in [-0.2, -0.15) is 0 Å². The lowest BCUT2D eigenvalue weighted by atomic mass is 9.79. The van der Waals surface area contributed by atoms with Gasteiger partial charge < -0.3 is 8.83 Å². The fraction of sp³-hybridized carbons (Fsp3) is 0.273. The largest absolute Gasteiger partial charge is 0.456 e. The van der Waals surface area contributed by atoms with E-state index in [1.807, 2.05) is 0 Å². The van der Waals surface area contributed by atoms with Crippen molar-refractivity contribution in [2.45, 2.75) is 80.1 Å². The second-order valence-corrected chi connectivity index (χ2v) is 15.8. The predicted octanol–water partition coefficient (Wildman–Crippen LogP) is 13.2. The molecule has 0 N–H and O–H groups in total. The van der Waals surface area contributed by atoms with E-state index in [0.717, 1.165) is 44.2 Å². The molecule has 0 fully saturated rings. The summed E-state index contributed by atoms with van der Waals surface area (Å²) in [6.45, 7) is 22.4. The Balaban J connectivity index is 1.62. The third-order valence-electron chi connectivity index (χ3n) is 9.82. The minimum absolute atomic E-state index is 0.0509. The molecule has 46 heavy (non-hydrogen) atoms. The van der Waals surface area contributed by atoms with Gasteiger partial charge >= 0.3 is 0 Å². The van der Waals surface area contributed by atoms with E-state index in [9.17, 15) is 0 Å². The Morgan fingerprint density at radius 1 is 0.391 bits per heavy atom. The summed E-state index contributed by atoms with van der Waals surface area (Å²) < 4.78 is 14.2. The van der Waals surface area contributed by atoms with Crippen LogP contribution in [0.3, 0.4) is 0 Å². The van der Waals surface area contributed by atoms with Crippen molar-refractivity contribution in [2.75, 3.05) is 0 Å². The van der Waals surface area contributed by atoms with E-state index in [1.165, 1.54) is 66.4 Å². The van der Waals surface area contributed by atoms with Crippen molar-refractivity contribution in [3.63, 3.8) is 0 Å². The molecule has 2 nitrogen and oxygen atoms in total. The van der Waals surface area contributed by atoms with Gasteiger partial charge in [0.05, 0.1) is 0 Å². The third-order valence-corrected chi connectivity index (χ3v) is 9.82. The third kappa shape index (κ3) is 4.37. The van der Waals surface area contributed by atoms with Gasteiger partial charge in [0.25, 0.3) is 0 Å². The van der Waals surface area contributed by atoms with Crippen molar-refractivity contribution in [3.8, 4) is 33.4 Å². The lowest BCUT2D eigenvalue weighted by Gasteiger charge is -2.27. The molecule has 6 aromatic rings. The van der Waals surface area contributed by atoms with Gasteiger partial charge in [0.15, 0.2) is 0 Å². The first-order chi connectivity index (χ1) is 21.7. The highest BCUT2D eigenvalue weighted by atomic mass is 16.3. The molecular weight excluding hydrogens is 560 g/mol. The van der Waals surface area contributed by atoms with Crippen LogP contribution in [-0.4, -0.2) is 0 Å². The van der Waals surface area contributed by atoms with Crippen molar-refractivity contribution >= 4 is 43.9 Å². The lowest BCUT2D eigenvalue weighted by Crippen LogP contribution is -2.12. The van der Waals surface area contributed by atoms with Gasteiger partial charge in [-0.3, -0.25) is 0 Å². The number of hydrogen-bond donors (Lipinski definition) is 0. The summed E-state index contributed by atoms with van der Waals surface area (Å²) in [7, 11) is 0. The minimum atomic E-state index is -0.0509. The van der Waals surface area contributed by atoms with Crippen molar-refractivity contribution < 1.29 is 8.83 Å². The zero-order valence-electron chi connectivity index (χ0n) is 28.7. The summed E-state index contributed by atoms with van der Waals surface area (Å²) in [5.74, 6) is 0. The highest BCUT2D eigenvalue weighted by Gasteiger charge is 2.30. The molecule has 230 valence electrons. The van der Waals surface area contributed by atoms with Crippen LogP contribution in [0.25, 0.3) is 77.3 Å². The number of aryl methyl sites for hydroxylation is 4. The fourth-order valence-electron chi connectivity index (χ4n) is 7.64. The molecule has 8 rings (SSSR count). The smallest absolute Gasteiger partial charge is 0.136 e. The molecule has 0 saturated heterocycles. The molecular formula is C44H42O2. The van der Waals surface area contributed by atoms with Crippen LogP contribution < -0.4 is 0 Å². The van der Waals surface area contributed by atoms with Crippen molar-refractivity contribution in [3.05, 3.63) is 106 Å². The molecule has 0 amide bonds. The van der Waals surface area contributed by atoms with Crippen LogP contribution in [0, 0.1) is 27.7 Å². The van der Waals surface area contributed by atoms with Crippen LogP contribution >= 0.6 is 0 Å². The van der Waals surface area contributed by atoms with E-state index in [2.05, 4.69) is 142 Å². The zero-order chi connectivity index (χ0) is 32.4. The van der Waals surface area contributed by atoms with Crippen LogP contribution in [0.4, 0.5) is 0 Å². The Labute approximate surface area is 271 Å². The van der Waals surface area contributed by atoms with E-state index in [1.54, 1.807) is 0 Å². The normalized spacial score (nSPS) is 13.0. The van der Waals surface area contributed by atoms with Crippen LogP contribution in [-0.2, 0) is 10.8 Å². The Hall–Kier alpha value is -4.56. The summed E-state index contributed by atoms with van der Waals surface area (Å²) in [6, 6.07) is 27.5. The topological polar surface area (TPSA) is 26.3 Å². The van der Waals surface area contributed by atoms with Gasteiger partial charge in [-0.25, -0.2) is 0 Å². The number of rotatable bonds is 2. The summed E-state index contributed by atoms with van der Waals surface area (Å²) in [6.07, 6.45) is 0. The maximum atomic E-state index is 7.08. The molecule has 0 aromatic heterocycles. The maximum Gasteiger partial charge on any atom is 0.136 e. The van der Waals surface area contributed by atoms with E-state index < -0.39 is 0 Å². The summed E-state index contributed by atoms with van der Waals surface area (Å²) >= 11 is 0. The first kappa shape index (κ1) is 28.9. The molecule has 2 heteroatoms. The van der Waals surface area contributed by atoms with Crippen LogP contribution in [0.2, 0.25) is 0 Å². The predicted molar refractivity (Wildman–Crippen MR) is 196 cm³/mol. The quantitative estimate of drug-likeness (QED) is 0.145. The summed E-state index contributed by atoms with van der Waals surface area (Å²) in [5, 5.41) is 4.69. The molecule has 0 spiro atoms. The molecule has 0 radical (unpaired) electrons. The standard InChI is InChI=1S/C44H42O2/c1-23-11-24(2)14-27(13-23)31-21-37-41-39-33(31)17-29(43(5,6)7)19-35(39)46-38-22-32(28-15-25(3)12-26(4)16-28)34-18-30(44(8,9)10)20-36(45-37)40(34)42(38)41/h11-22H,1-10H3. The second-order valence-electron chi connectivity index (χ2n) is 15.8. The van der Waals surface area contributed by atoms with E-state index in [-0.39, 0.29) is 10.8 Å². The molecule has 2 aliphatic rings. The van der Waals surface area contributed by atoms with Gasteiger partial charge in [-0.05, 0) is 119 Å². The van der Waals surface area contributed by atoms with Crippen molar-refractivity contribution in [1.82, 2.24) is 0 Å². The molecule has 2 aliphatic heterocycles. The lowest BCUT2D eigenvalue weighted by molar-refractivity contribution is 0.586. The van der Waals surface area contributed by atoms with Crippen LogP contribution in [0.1, 0.15) is 74.9 Å². The van der Waals surface area contributed by atoms with Gasteiger partial charge in [-0.1, -0.05) is 100 Å². The fourth-order valence-corrected chi connectivity index (χ4v) is 7.64. The minimum Gasteiger partial charge on any atom is -0.456 e. The van der Waals surface area contributed by atoms with Gasteiger partial charge in [0, 0.05) is 21.9 Å². The number of benzene rings is 6. The Kier molecular flexibility index (Phi) is 5.96. The van der Waals surface area contributed by atoms with Gasteiger partial charge in [-0.15, -0.1) is 0 Å². The molecule has 0 atom stereocenters. The SMILES string of the molecule is Cc1cc(C)cc(-c2cc3oc4cc(C(C)(C)C)cc5c(-c6cc(C)cc(C)c6)cc6oc7cc(C(C)(C)C)cc2c7c3-c6c45)c1. The first-order valence-corrected chi connectivity index (χ1v) is 16.5.